The minimum Gasteiger partial charge on any atom is -0.548 e. The first-order valence-electron chi connectivity index (χ1n) is 10.7. The number of nitrogens with one attached hydrogen (secondary N) is 2. The van der Waals surface area contributed by atoms with E-state index in [2.05, 4.69) is 10.3 Å². The molecule has 1 amide bonds. The third kappa shape index (κ3) is 5.06. The summed E-state index contributed by atoms with van der Waals surface area (Å²) in [5.41, 5.74) is 2.45. The van der Waals surface area contributed by atoms with Crippen LogP contribution in [-0.2, 0) is 22.4 Å². The molecular formula is C25H23N2O6-. The molecule has 8 heteroatoms. The van der Waals surface area contributed by atoms with Gasteiger partial charge in [0, 0.05) is 41.0 Å². The fraction of sp³-hybridized carbons (Fsp3) is 0.240. The van der Waals surface area contributed by atoms with E-state index in [-0.39, 0.29) is 6.42 Å². The van der Waals surface area contributed by atoms with E-state index in [0.717, 1.165) is 40.3 Å². The van der Waals surface area contributed by atoms with Crippen LogP contribution in [0, 0.1) is 0 Å². The normalized spacial score (nSPS) is 12.0. The SMILES string of the molecule is CCCc1cc(=O)oc2cc(OCC(=O)N[C@@H](Cc3c[nH]c4ccccc34)C(=O)[O-])ccc12. The van der Waals surface area contributed by atoms with E-state index < -0.39 is 30.2 Å². The largest absolute Gasteiger partial charge is 0.548 e. The molecule has 0 saturated heterocycles. The van der Waals surface area contributed by atoms with Crippen LogP contribution in [0.2, 0.25) is 0 Å². The number of aromatic nitrogens is 1. The van der Waals surface area contributed by atoms with Crippen LogP contribution in [0.1, 0.15) is 24.5 Å². The second-order valence-corrected chi connectivity index (χ2v) is 7.79. The lowest BCUT2D eigenvalue weighted by Crippen LogP contribution is -2.50. The number of hydrogen-bond acceptors (Lipinski definition) is 6. The van der Waals surface area contributed by atoms with Gasteiger partial charge in [-0.1, -0.05) is 31.5 Å². The van der Waals surface area contributed by atoms with E-state index in [1.54, 1.807) is 24.4 Å². The molecule has 4 aromatic rings. The lowest BCUT2D eigenvalue weighted by molar-refractivity contribution is -0.308. The number of aromatic amines is 1. The molecule has 8 nitrogen and oxygen atoms in total. The van der Waals surface area contributed by atoms with Gasteiger partial charge in [-0.05, 0) is 35.7 Å². The van der Waals surface area contributed by atoms with Gasteiger partial charge in [0.2, 0.25) is 0 Å². The van der Waals surface area contributed by atoms with Gasteiger partial charge in [0.1, 0.15) is 11.3 Å². The lowest BCUT2D eigenvalue weighted by atomic mass is 10.1. The molecule has 0 unspecified atom stereocenters. The number of amides is 1. The molecule has 0 aliphatic carbocycles. The molecule has 1 atom stereocenters. The van der Waals surface area contributed by atoms with Crippen LogP contribution < -0.4 is 20.8 Å². The number of para-hydroxylation sites is 1. The van der Waals surface area contributed by atoms with Gasteiger partial charge in [0.15, 0.2) is 6.61 Å². The Morgan fingerprint density at radius 2 is 1.94 bits per heavy atom. The van der Waals surface area contributed by atoms with Gasteiger partial charge in [-0.15, -0.1) is 0 Å². The quantitative estimate of drug-likeness (QED) is 0.379. The highest BCUT2D eigenvalue weighted by atomic mass is 16.5. The zero-order chi connectivity index (χ0) is 23.4. The van der Waals surface area contributed by atoms with Gasteiger partial charge in [-0.3, -0.25) is 4.79 Å². The number of carboxylic acids is 1. The number of carbonyl (C=O) groups excluding carboxylic acids is 2. The summed E-state index contributed by atoms with van der Waals surface area (Å²) in [6.45, 7) is 1.62. The topological polar surface area (TPSA) is 124 Å². The summed E-state index contributed by atoms with van der Waals surface area (Å²) in [4.78, 5) is 38.9. The summed E-state index contributed by atoms with van der Waals surface area (Å²) < 4.78 is 10.8. The first kappa shape index (κ1) is 22.1. The van der Waals surface area contributed by atoms with Crippen LogP contribution in [0.3, 0.4) is 0 Å². The number of carbonyl (C=O) groups is 2. The molecule has 2 aromatic carbocycles. The molecule has 0 spiro atoms. The maximum atomic E-state index is 12.4. The average Bonchev–Trinajstić information content (AvgIpc) is 3.20. The number of ether oxygens (including phenoxy) is 1. The zero-order valence-electron chi connectivity index (χ0n) is 18.1. The molecule has 2 aromatic heterocycles. The summed E-state index contributed by atoms with van der Waals surface area (Å²) >= 11 is 0. The summed E-state index contributed by atoms with van der Waals surface area (Å²) in [7, 11) is 0. The predicted octanol–water partition coefficient (Wildman–Crippen LogP) is 2.08. The van der Waals surface area contributed by atoms with E-state index >= 15 is 0 Å². The molecule has 4 rings (SSSR count). The molecule has 0 fully saturated rings. The summed E-state index contributed by atoms with van der Waals surface area (Å²) in [5.74, 6) is -1.66. The molecule has 170 valence electrons. The zero-order valence-corrected chi connectivity index (χ0v) is 18.1. The summed E-state index contributed by atoms with van der Waals surface area (Å²) in [6, 6.07) is 12.8. The highest BCUT2D eigenvalue weighted by Crippen LogP contribution is 2.23. The fourth-order valence-corrected chi connectivity index (χ4v) is 3.87. The van der Waals surface area contributed by atoms with E-state index in [9.17, 15) is 19.5 Å². The minimum atomic E-state index is -1.38. The number of rotatable bonds is 9. The molecule has 2 N–H and O–H groups in total. The van der Waals surface area contributed by atoms with Crippen molar-refractivity contribution in [2.24, 2.45) is 0 Å². The Morgan fingerprint density at radius 1 is 1.12 bits per heavy atom. The number of H-pyrrole nitrogens is 1. The third-order valence-electron chi connectivity index (χ3n) is 5.41. The monoisotopic (exact) mass is 447 g/mol. The third-order valence-corrected chi connectivity index (χ3v) is 5.41. The lowest BCUT2D eigenvalue weighted by Gasteiger charge is -2.19. The maximum absolute atomic E-state index is 12.4. The van der Waals surface area contributed by atoms with Crippen LogP contribution in [0.15, 0.2) is 63.9 Å². The highest BCUT2D eigenvalue weighted by molar-refractivity contribution is 5.87. The Hall–Kier alpha value is -4.07. The first-order chi connectivity index (χ1) is 15.9. The summed E-state index contributed by atoms with van der Waals surface area (Å²) in [6.07, 6.45) is 3.42. The fourth-order valence-electron chi connectivity index (χ4n) is 3.87. The van der Waals surface area contributed by atoms with Crippen molar-refractivity contribution in [2.75, 3.05) is 6.61 Å². The van der Waals surface area contributed by atoms with Crippen LogP contribution in [0.4, 0.5) is 0 Å². The van der Waals surface area contributed by atoms with Crippen LogP contribution in [0.5, 0.6) is 5.75 Å². The Balaban J connectivity index is 1.42. The van der Waals surface area contributed by atoms with Crippen LogP contribution in [-0.4, -0.2) is 29.5 Å². The minimum absolute atomic E-state index is 0.0689. The van der Waals surface area contributed by atoms with E-state index in [0.29, 0.717) is 11.3 Å². The van der Waals surface area contributed by atoms with Gasteiger partial charge in [-0.25, -0.2) is 4.79 Å². The smallest absolute Gasteiger partial charge is 0.336 e. The van der Waals surface area contributed by atoms with Crippen LogP contribution >= 0.6 is 0 Å². The van der Waals surface area contributed by atoms with Crippen molar-refractivity contribution in [1.82, 2.24) is 10.3 Å². The van der Waals surface area contributed by atoms with Crippen molar-refractivity contribution in [2.45, 2.75) is 32.2 Å². The second-order valence-electron chi connectivity index (χ2n) is 7.79. The van der Waals surface area contributed by atoms with Crippen molar-refractivity contribution in [3.05, 3.63) is 76.3 Å². The molecular weight excluding hydrogens is 424 g/mol. The van der Waals surface area contributed by atoms with E-state index in [1.165, 1.54) is 6.07 Å². The molecule has 0 bridgehead atoms. The molecule has 0 aliphatic heterocycles. The number of benzene rings is 2. The van der Waals surface area contributed by atoms with E-state index in [4.69, 9.17) is 9.15 Å². The number of fused-ring (bicyclic) bond motifs is 2. The Kier molecular flexibility index (Phi) is 6.44. The molecule has 0 saturated carbocycles. The van der Waals surface area contributed by atoms with E-state index in [1.807, 2.05) is 31.2 Å². The van der Waals surface area contributed by atoms with Crippen molar-refractivity contribution in [3.63, 3.8) is 0 Å². The van der Waals surface area contributed by atoms with Crippen LogP contribution in [0.25, 0.3) is 21.9 Å². The molecule has 0 aliphatic rings. The Morgan fingerprint density at radius 3 is 2.73 bits per heavy atom. The number of aliphatic carboxylic acids is 1. The predicted molar refractivity (Wildman–Crippen MR) is 121 cm³/mol. The standard InChI is InChI=1S/C25H24N2O6/c1-2-5-15-11-24(29)33-22-12-17(8-9-19(15)22)32-14-23(28)27-21(25(30)31)10-16-13-26-20-7-4-3-6-18(16)20/h3-4,6-9,11-13,21,26H,2,5,10,14H2,1H3,(H,27,28)(H,30,31)/p-1/t21-/m0/s1. The first-order valence-corrected chi connectivity index (χ1v) is 10.7. The molecule has 33 heavy (non-hydrogen) atoms. The van der Waals surface area contributed by atoms with Gasteiger partial charge >= 0.3 is 5.63 Å². The van der Waals surface area contributed by atoms with Gasteiger partial charge in [-0.2, -0.15) is 0 Å². The number of aryl methyl sites for hydroxylation is 1. The average molecular weight is 447 g/mol. The van der Waals surface area contributed by atoms with Gasteiger partial charge < -0.3 is 29.4 Å². The molecule has 0 radical (unpaired) electrons. The second kappa shape index (κ2) is 9.60. The Labute approximate surface area is 189 Å². The highest BCUT2D eigenvalue weighted by Gasteiger charge is 2.17. The Bertz CT molecular complexity index is 1370. The summed E-state index contributed by atoms with van der Waals surface area (Å²) in [5, 5.41) is 15.8. The van der Waals surface area contributed by atoms with Crippen molar-refractivity contribution >= 4 is 33.7 Å². The maximum Gasteiger partial charge on any atom is 0.336 e. The van der Waals surface area contributed by atoms with Gasteiger partial charge in [0.05, 0.1) is 12.0 Å². The number of carboxylic acid groups (broad SMARTS) is 1. The van der Waals surface area contributed by atoms with Gasteiger partial charge in [0.25, 0.3) is 5.91 Å². The van der Waals surface area contributed by atoms with Crippen molar-refractivity contribution in [3.8, 4) is 5.75 Å². The molecule has 2 heterocycles. The number of hydrogen-bond donors (Lipinski definition) is 2. The van der Waals surface area contributed by atoms with Crippen molar-refractivity contribution in [1.29, 1.82) is 0 Å². The van der Waals surface area contributed by atoms with Crippen molar-refractivity contribution < 1.29 is 23.8 Å².